The Morgan fingerprint density at radius 1 is 1.35 bits per heavy atom. The van der Waals surface area contributed by atoms with Crippen LogP contribution < -0.4 is 15.4 Å². The van der Waals surface area contributed by atoms with Gasteiger partial charge in [0.1, 0.15) is 11.8 Å². The molecular weight excluding hydrogens is 300 g/mol. The largest absolute Gasteiger partial charge is 0.484 e. The molecule has 1 aromatic rings. The van der Waals surface area contributed by atoms with E-state index in [1.54, 1.807) is 31.2 Å². The van der Waals surface area contributed by atoms with Gasteiger partial charge in [0.2, 0.25) is 5.91 Å². The molecule has 0 spiro atoms. The van der Waals surface area contributed by atoms with Crippen molar-refractivity contribution in [1.82, 2.24) is 10.6 Å². The van der Waals surface area contributed by atoms with Crippen molar-refractivity contribution in [3.63, 3.8) is 0 Å². The Kier molecular flexibility index (Phi) is 7.25. The van der Waals surface area contributed by atoms with E-state index in [0.717, 1.165) is 0 Å². The first kappa shape index (κ1) is 16.7. The Morgan fingerprint density at radius 2 is 2.00 bits per heavy atom. The van der Waals surface area contributed by atoms with Crippen LogP contribution in [0.4, 0.5) is 0 Å². The minimum Gasteiger partial charge on any atom is -0.484 e. The average Bonchev–Trinajstić information content (AvgIpc) is 2.44. The van der Waals surface area contributed by atoms with Crippen LogP contribution in [0.3, 0.4) is 0 Å². The minimum atomic E-state index is -0.615. The first-order valence-electron chi connectivity index (χ1n) is 6.09. The molecule has 0 aliphatic carbocycles. The van der Waals surface area contributed by atoms with Gasteiger partial charge in [-0.2, -0.15) is 12.6 Å². The lowest BCUT2D eigenvalue weighted by Crippen LogP contribution is -2.46. The van der Waals surface area contributed by atoms with Crippen molar-refractivity contribution in [2.45, 2.75) is 13.0 Å². The van der Waals surface area contributed by atoms with Gasteiger partial charge in [0.25, 0.3) is 5.91 Å². The van der Waals surface area contributed by atoms with Gasteiger partial charge in [0.05, 0.1) is 0 Å². The van der Waals surface area contributed by atoms with Gasteiger partial charge < -0.3 is 15.4 Å². The van der Waals surface area contributed by atoms with Crippen molar-refractivity contribution in [1.29, 1.82) is 0 Å². The Balaban J connectivity index is 2.32. The molecule has 0 aliphatic rings. The zero-order valence-corrected chi connectivity index (χ0v) is 12.7. The van der Waals surface area contributed by atoms with Gasteiger partial charge in [-0.15, -0.1) is 0 Å². The quantitative estimate of drug-likeness (QED) is 0.664. The summed E-state index contributed by atoms with van der Waals surface area (Å²) in [6.45, 7) is 1.91. The molecule has 2 amide bonds. The van der Waals surface area contributed by atoms with E-state index in [-0.39, 0.29) is 18.4 Å². The first-order valence-corrected chi connectivity index (χ1v) is 7.10. The van der Waals surface area contributed by atoms with E-state index >= 15 is 0 Å². The van der Waals surface area contributed by atoms with Crippen molar-refractivity contribution in [3.05, 3.63) is 29.3 Å². The van der Waals surface area contributed by atoms with Gasteiger partial charge >= 0.3 is 0 Å². The number of carbonyl (C=O) groups is 2. The van der Waals surface area contributed by atoms with E-state index in [0.29, 0.717) is 23.1 Å². The second-order valence-electron chi connectivity index (χ2n) is 4.05. The second kappa shape index (κ2) is 8.71. The number of ether oxygens (including phenoxy) is 1. The molecule has 0 aliphatic heterocycles. The third-order valence-electron chi connectivity index (χ3n) is 2.37. The molecule has 7 heteroatoms. The fraction of sp³-hybridized carbons (Fsp3) is 0.385. The van der Waals surface area contributed by atoms with Gasteiger partial charge in [0.15, 0.2) is 6.61 Å². The number of benzene rings is 1. The van der Waals surface area contributed by atoms with E-state index in [1.807, 2.05) is 0 Å². The van der Waals surface area contributed by atoms with Crippen LogP contribution in [0.5, 0.6) is 5.75 Å². The lowest BCUT2D eigenvalue weighted by Gasteiger charge is -2.14. The number of nitrogens with one attached hydrogen (secondary N) is 2. The summed E-state index contributed by atoms with van der Waals surface area (Å²) >= 11 is 9.72. The van der Waals surface area contributed by atoms with Crippen molar-refractivity contribution < 1.29 is 14.3 Å². The molecule has 0 radical (unpaired) electrons. The van der Waals surface area contributed by atoms with Crippen molar-refractivity contribution >= 4 is 36.0 Å². The van der Waals surface area contributed by atoms with E-state index in [1.165, 1.54) is 0 Å². The number of halogens is 1. The van der Waals surface area contributed by atoms with E-state index < -0.39 is 6.04 Å². The monoisotopic (exact) mass is 316 g/mol. The standard InChI is InChI=1S/C13H17ClN2O3S/c1-9(13(18)15-6-7-20)16-12(17)8-19-11-4-2-10(14)3-5-11/h2-5,9,20H,6-8H2,1H3,(H,15,18)(H,16,17). The lowest BCUT2D eigenvalue weighted by molar-refractivity contribution is -0.129. The third-order valence-corrected chi connectivity index (χ3v) is 2.84. The molecule has 0 saturated carbocycles. The summed E-state index contributed by atoms with van der Waals surface area (Å²) < 4.78 is 5.27. The van der Waals surface area contributed by atoms with Crippen molar-refractivity contribution in [2.75, 3.05) is 18.9 Å². The summed E-state index contributed by atoms with van der Waals surface area (Å²) in [5, 5.41) is 5.77. The van der Waals surface area contributed by atoms with Crippen molar-refractivity contribution in [3.8, 4) is 5.75 Å². The van der Waals surface area contributed by atoms with Gasteiger partial charge in [0, 0.05) is 17.3 Å². The van der Waals surface area contributed by atoms with Gasteiger partial charge in [-0.3, -0.25) is 9.59 Å². The molecular formula is C13H17ClN2O3S. The highest BCUT2D eigenvalue weighted by Gasteiger charge is 2.15. The first-order chi connectivity index (χ1) is 9.52. The highest BCUT2D eigenvalue weighted by Crippen LogP contribution is 2.15. The van der Waals surface area contributed by atoms with Crippen LogP contribution in [-0.2, 0) is 9.59 Å². The topological polar surface area (TPSA) is 67.4 Å². The number of hydrogen-bond acceptors (Lipinski definition) is 4. The highest BCUT2D eigenvalue weighted by atomic mass is 35.5. The van der Waals surface area contributed by atoms with E-state index in [2.05, 4.69) is 23.3 Å². The Labute approximate surface area is 128 Å². The molecule has 0 bridgehead atoms. The maximum absolute atomic E-state index is 11.6. The zero-order chi connectivity index (χ0) is 15.0. The second-order valence-corrected chi connectivity index (χ2v) is 4.93. The zero-order valence-electron chi connectivity index (χ0n) is 11.1. The summed E-state index contributed by atoms with van der Waals surface area (Å²) in [5.74, 6) is 0.468. The molecule has 1 rings (SSSR count). The number of hydrogen-bond donors (Lipinski definition) is 3. The predicted molar refractivity (Wildman–Crippen MR) is 81.4 cm³/mol. The van der Waals surface area contributed by atoms with Crippen LogP contribution in [0.15, 0.2) is 24.3 Å². The SMILES string of the molecule is CC(NC(=O)COc1ccc(Cl)cc1)C(=O)NCCS. The van der Waals surface area contributed by atoms with Crippen LogP contribution in [0.2, 0.25) is 5.02 Å². The number of amides is 2. The molecule has 1 unspecified atom stereocenters. The van der Waals surface area contributed by atoms with Crippen LogP contribution >= 0.6 is 24.2 Å². The summed E-state index contributed by atoms with van der Waals surface area (Å²) in [5.41, 5.74) is 0. The maximum Gasteiger partial charge on any atom is 0.258 e. The van der Waals surface area contributed by atoms with Crippen LogP contribution in [0, 0.1) is 0 Å². The molecule has 20 heavy (non-hydrogen) atoms. The lowest BCUT2D eigenvalue weighted by atomic mass is 10.3. The number of rotatable bonds is 7. The molecule has 0 heterocycles. The van der Waals surface area contributed by atoms with Crippen LogP contribution in [0.1, 0.15) is 6.92 Å². The molecule has 110 valence electrons. The Hall–Kier alpha value is -1.40. The molecule has 0 saturated heterocycles. The maximum atomic E-state index is 11.6. The summed E-state index contributed by atoms with van der Waals surface area (Å²) in [6.07, 6.45) is 0. The summed E-state index contributed by atoms with van der Waals surface area (Å²) in [6, 6.07) is 6.05. The molecule has 1 atom stereocenters. The van der Waals surface area contributed by atoms with Gasteiger partial charge in [-0.05, 0) is 31.2 Å². The van der Waals surface area contributed by atoms with Crippen molar-refractivity contribution in [2.24, 2.45) is 0 Å². The molecule has 1 aromatic carbocycles. The van der Waals surface area contributed by atoms with Crippen LogP contribution in [0.25, 0.3) is 0 Å². The molecule has 5 nitrogen and oxygen atoms in total. The minimum absolute atomic E-state index is 0.161. The van der Waals surface area contributed by atoms with Gasteiger partial charge in [-0.25, -0.2) is 0 Å². The number of thiol groups is 1. The summed E-state index contributed by atoms with van der Waals surface area (Å²) in [4.78, 5) is 23.1. The Morgan fingerprint density at radius 3 is 2.60 bits per heavy atom. The fourth-order valence-electron chi connectivity index (χ4n) is 1.36. The normalized spacial score (nSPS) is 11.6. The molecule has 2 N–H and O–H groups in total. The smallest absolute Gasteiger partial charge is 0.258 e. The Bertz CT molecular complexity index is 453. The molecule has 0 fully saturated rings. The third kappa shape index (κ3) is 6.16. The van der Waals surface area contributed by atoms with E-state index in [9.17, 15) is 9.59 Å². The summed E-state index contributed by atoms with van der Waals surface area (Å²) in [7, 11) is 0. The van der Waals surface area contributed by atoms with Gasteiger partial charge in [-0.1, -0.05) is 11.6 Å². The highest BCUT2D eigenvalue weighted by molar-refractivity contribution is 7.80. The van der Waals surface area contributed by atoms with Crippen LogP contribution in [-0.4, -0.2) is 36.8 Å². The number of carbonyl (C=O) groups excluding carboxylic acids is 2. The fourth-order valence-corrected chi connectivity index (χ4v) is 1.60. The molecule has 0 aromatic heterocycles. The van der Waals surface area contributed by atoms with E-state index in [4.69, 9.17) is 16.3 Å². The average molecular weight is 317 g/mol. The predicted octanol–water partition coefficient (Wildman–Crippen LogP) is 1.27.